The van der Waals surface area contributed by atoms with Gasteiger partial charge >= 0.3 is 0 Å². The molecule has 1 aromatic rings. The van der Waals surface area contributed by atoms with E-state index in [2.05, 4.69) is 15.6 Å². The van der Waals surface area contributed by atoms with Crippen LogP contribution in [0.25, 0.3) is 0 Å². The van der Waals surface area contributed by atoms with Crippen molar-refractivity contribution in [1.29, 1.82) is 0 Å². The number of nitrogens with one attached hydrogen (secondary N) is 2. The fourth-order valence-electron chi connectivity index (χ4n) is 1.63. The SMILES string of the molecule is CN=C(NCCCOc1ccc(OC)cc1)NCCOC. The first-order valence-corrected chi connectivity index (χ1v) is 7.00. The molecule has 0 aliphatic rings. The van der Waals surface area contributed by atoms with Gasteiger partial charge in [0.05, 0.1) is 20.3 Å². The molecule has 0 spiro atoms. The topological polar surface area (TPSA) is 64.1 Å². The lowest BCUT2D eigenvalue weighted by Gasteiger charge is -2.12. The normalized spacial score (nSPS) is 11.1. The number of methoxy groups -OCH3 is 2. The molecule has 0 saturated carbocycles. The molecule has 0 unspecified atom stereocenters. The Morgan fingerprint density at radius 3 is 2.29 bits per heavy atom. The quantitative estimate of drug-likeness (QED) is 0.408. The second kappa shape index (κ2) is 10.8. The van der Waals surface area contributed by atoms with Crippen LogP contribution in [0, 0.1) is 0 Å². The van der Waals surface area contributed by atoms with Crippen molar-refractivity contribution in [3.05, 3.63) is 24.3 Å². The van der Waals surface area contributed by atoms with Crippen LogP contribution in [0.5, 0.6) is 11.5 Å². The summed E-state index contributed by atoms with van der Waals surface area (Å²) in [6.07, 6.45) is 0.886. The fraction of sp³-hybridized carbons (Fsp3) is 0.533. The van der Waals surface area contributed by atoms with Gasteiger partial charge in [-0.15, -0.1) is 0 Å². The van der Waals surface area contributed by atoms with E-state index in [9.17, 15) is 0 Å². The molecule has 21 heavy (non-hydrogen) atoms. The Morgan fingerprint density at radius 2 is 1.67 bits per heavy atom. The minimum atomic E-state index is 0.647. The lowest BCUT2D eigenvalue weighted by Crippen LogP contribution is -2.39. The Labute approximate surface area is 126 Å². The molecule has 6 heteroatoms. The van der Waals surface area contributed by atoms with Crippen LogP contribution in [0.15, 0.2) is 29.3 Å². The molecular formula is C15H25N3O3. The third-order valence-corrected chi connectivity index (χ3v) is 2.76. The van der Waals surface area contributed by atoms with Gasteiger partial charge in [-0.25, -0.2) is 0 Å². The first kappa shape index (κ1) is 17.1. The number of guanidine groups is 1. The Bertz CT molecular complexity index is 407. The van der Waals surface area contributed by atoms with Crippen molar-refractivity contribution in [2.45, 2.75) is 6.42 Å². The average Bonchev–Trinajstić information content (AvgIpc) is 2.53. The van der Waals surface area contributed by atoms with Crippen LogP contribution in [-0.4, -0.2) is 53.5 Å². The predicted octanol–water partition coefficient (Wildman–Crippen LogP) is 1.28. The van der Waals surface area contributed by atoms with Gasteiger partial charge in [0.1, 0.15) is 11.5 Å². The van der Waals surface area contributed by atoms with E-state index in [1.165, 1.54) is 0 Å². The van der Waals surface area contributed by atoms with Crippen molar-refractivity contribution >= 4 is 5.96 Å². The maximum absolute atomic E-state index is 5.64. The summed E-state index contributed by atoms with van der Waals surface area (Å²) >= 11 is 0. The van der Waals surface area contributed by atoms with Crippen LogP contribution in [0.4, 0.5) is 0 Å². The summed E-state index contributed by atoms with van der Waals surface area (Å²) < 4.78 is 15.7. The Morgan fingerprint density at radius 1 is 1.00 bits per heavy atom. The van der Waals surface area contributed by atoms with Gasteiger partial charge in [-0.1, -0.05) is 0 Å². The van der Waals surface area contributed by atoms with Crippen molar-refractivity contribution in [2.75, 3.05) is 47.6 Å². The average molecular weight is 295 g/mol. The third kappa shape index (κ3) is 7.41. The summed E-state index contributed by atoms with van der Waals surface area (Å²) in [6, 6.07) is 7.57. The van der Waals surface area contributed by atoms with Gasteiger partial charge in [-0.3, -0.25) is 4.99 Å². The second-order valence-electron chi connectivity index (χ2n) is 4.30. The van der Waals surface area contributed by atoms with Crippen LogP contribution in [-0.2, 0) is 4.74 Å². The highest BCUT2D eigenvalue weighted by atomic mass is 16.5. The highest BCUT2D eigenvalue weighted by Gasteiger charge is 1.97. The predicted molar refractivity (Wildman–Crippen MR) is 84.3 cm³/mol. The zero-order valence-corrected chi connectivity index (χ0v) is 13.0. The standard InChI is InChI=1S/C15H25N3O3/c1-16-15(18-10-12-19-2)17-9-4-11-21-14-7-5-13(20-3)6-8-14/h5-8H,4,9-12H2,1-3H3,(H2,16,17,18). The molecule has 118 valence electrons. The van der Waals surface area contributed by atoms with Crippen molar-refractivity contribution < 1.29 is 14.2 Å². The first-order valence-electron chi connectivity index (χ1n) is 7.00. The van der Waals surface area contributed by atoms with Gasteiger partial charge in [0.15, 0.2) is 5.96 Å². The zero-order valence-electron chi connectivity index (χ0n) is 13.0. The number of rotatable bonds is 9. The molecule has 2 N–H and O–H groups in total. The number of nitrogens with zero attached hydrogens (tertiary/aromatic N) is 1. The monoisotopic (exact) mass is 295 g/mol. The largest absolute Gasteiger partial charge is 0.497 e. The Kier molecular flexibility index (Phi) is 8.79. The number of aliphatic imine (C=N–C) groups is 1. The minimum Gasteiger partial charge on any atom is -0.497 e. The van der Waals surface area contributed by atoms with Gasteiger partial charge in [-0.2, -0.15) is 0 Å². The molecular weight excluding hydrogens is 270 g/mol. The molecule has 0 bridgehead atoms. The summed E-state index contributed by atoms with van der Waals surface area (Å²) in [5, 5.41) is 6.37. The van der Waals surface area contributed by atoms with Crippen LogP contribution in [0.2, 0.25) is 0 Å². The number of hydrogen-bond donors (Lipinski definition) is 2. The highest BCUT2D eigenvalue weighted by molar-refractivity contribution is 5.79. The lowest BCUT2D eigenvalue weighted by atomic mass is 10.3. The number of hydrogen-bond acceptors (Lipinski definition) is 4. The highest BCUT2D eigenvalue weighted by Crippen LogP contribution is 2.16. The van der Waals surface area contributed by atoms with Crippen LogP contribution >= 0.6 is 0 Å². The van der Waals surface area contributed by atoms with Gasteiger partial charge in [-0.05, 0) is 30.7 Å². The van der Waals surface area contributed by atoms with Gasteiger partial charge < -0.3 is 24.8 Å². The summed E-state index contributed by atoms with van der Waals surface area (Å²) in [6.45, 7) is 2.83. The molecule has 0 saturated heterocycles. The van der Waals surface area contributed by atoms with E-state index in [-0.39, 0.29) is 0 Å². The summed E-state index contributed by atoms with van der Waals surface area (Å²) in [4.78, 5) is 4.12. The van der Waals surface area contributed by atoms with Crippen molar-refractivity contribution in [3.63, 3.8) is 0 Å². The second-order valence-corrected chi connectivity index (χ2v) is 4.30. The maximum atomic E-state index is 5.64. The molecule has 0 heterocycles. The number of benzene rings is 1. The summed E-state index contributed by atoms with van der Waals surface area (Å²) in [5.41, 5.74) is 0. The fourth-order valence-corrected chi connectivity index (χ4v) is 1.63. The third-order valence-electron chi connectivity index (χ3n) is 2.76. The van der Waals surface area contributed by atoms with Crippen molar-refractivity contribution in [1.82, 2.24) is 10.6 Å². The zero-order chi connectivity index (χ0) is 15.3. The lowest BCUT2D eigenvalue weighted by molar-refractivity contribution is 0.203. The molecule has 0 aliphatic heterocycles. The van der Waals surface area contributed by atoms with Crippen LogP contribution in [0.3, 0.4) is 0 Å². The van der Waals surface area contributed by atoms with Crippen molar-refractivity contribution in [3.8, 4) is 11.5 Å². The number of ether oxygens (including phenoxy) is 3. The summed E-state index contributed by atoms with van der Waals surface area (Å²) in [5.74, 6) is 2.45. The molecule has 0 aliphatic carbocycles. The van der Waals surface area contributed by atoms with Gasteiger partial charge in [0, 0.05) is 27.2 Å². The molecule has 0 radical (unpaired) electrons. The molecule has 6 nitrogen and oxygen atoms in total. The van der Waals surface area contributed by atoms with E-state index in [1.807, 2.05) is 24.3 Å². The molecule has 0 aromatic heterocycles. The minimum absolute atomic E-state index is 0.647. The smallest absolute Gasteiger partial charge is 0.191 e. The van der Waals surface area contributed by atoms with Gasteiger partial charge in [0.2, 0.25) is 0 Å². The van der Waals surface area contributed by atoms with Crippen molar-refractivity contribution in [2.24, 2.45) is 4.99 Å². The first-order chi connectivity index (χ1) is 10.3. The van der Waals surface area contributed by atoms with E-state index in [0.717, 1.165) is 37.0 Å². The van der Waals surface area contributed by atoms with Gasteiger partial charge in [0.25, 0.3) is 0 Å². The Balaban J connectivity index is 2.12. The molecule has 1 aromatic carbocycles. The Hall–Kier alpha value is -1.95. The molecule has 1 rings (SSSR count). The van der Waals surface area contributed by atoms with E-state index in [0.29, 0.717) is 13.2 Å². The van der Waals surface area contributed by atoms with E-state index >= 15 is 0 Å². The van der Waals surface area contributed by atoms with E-state index in [1.54, 1.807) is 21.3 Å². The summed E-state index contributed by atoms with van der Waals surface area (Å²) in [7, 11) is 5.07. The maximum Gasteiger partial charge on any atom is 0.191 e. The van der Waals surface area contributed by atoms with Crippen LogP contribution < -0.4 is 20.1 Å². The van der Waals surface area contributed by atoms with E-state index in [4.69, 9.17) is 14.2 Å². The van der Waals surface area contributed by atoms with Crippen LogP contribution in [0.1, 0.15) is 6.42 Å². The molecule has 0 atom stereocenters. The molecule has 0 fully saturated rings. The molecule has 0 amide bonds. The van der Waals surface area contributed by atoms with E-state index < -0.39 is 0 Å².